The lowest BCUT2D eigenvalue weighted by molar-refractivity contribution is 0.221. The number of benzene rings is 2. The Kier molecular flexibility index (Phi) is 5.45. The topological polar surface area (TPSA) is 51.1 Å². The van der Waals surface area contributed by atoms with Gasteiger partial charge in [0.1, 0.15) is 5.75 Å². The van der Waals surface area contributed by atoms with E-state index >= 15 is 0 Å². The molecule has 0 saturated heterocycles. The summed E-state index contributed by atoms with van der Waals surface area (Å²) < 4.78 is 8.37. The lowest BCUT2D eigenvalue weighted by Gasteiger charge is -2.08. The summed E-state index contributed by atoms with van der Waals surface area (Å²) in [5.74, 6) is 0.782. The standard InChI is InChI=1S/C17H15BrN4OS/c18-13-6-8-16(9-7-13)23-12-22-11-15(10-19-22)21-17(24)20-14-4-2-1-3-5-14/h1-11H,12H2,(H2,20,21,24). The van der Waals surface area contributed by atoms with Crippen molar-refractivity contribution in [3.63, 3.8) is 0 Å². The molecule has 0 bridgehead atoms. The molecular formula is C17H15BrN4OS. The monoisotopic (exact) mass is 402 g/mol. The largest absolute Gasteiger partial charge is 0.471 e. The molecule has 0 unspecified atom stereocenters. The summed E-state index contributed by atoms with van der Waals surface area (Å²) in [5.41, 5.74) is 1.73. The van der Waals surface area contributed by atoms with Crippen molar-refractivity contribution in [2.75, 3.05) is 10.6 Å². The maximum absolute atomic E-state index is 5.66. The van der Waals surface area contributed by atoms with Gasteiger partial charge in [-0.25, -0.2) is 4.68 Å². The third-order valence-electron chi connectivity index (χ3n) is 3.10. The van der Waals surface area contributed by atoms with Gasteiger partial charge in [0.2, 0.25) is 0 Å². The zero-order valence-corrected chi connectivity index (χ0v) is 15.0. The average molecular weight is 403 g/mol. The van der Waals surface area contributed by atoms with E-state index < -0.39 is 0 Å². The summed E-state index contributed by atoms with van der Waals surface area (Å²) in [6.07, 6.45) is 3.53. The Balaban J connectivity index is 1.51. The Morgan fingerprint density at radius 2 is 1.75 bits per heavy atom. The highest BCUT2D eigenvalue weighted by molar-refractivity contribution is 9.10. The number of rotatable bonds is 5. The molecule has 2 N–H and O–H groups in total. The van der Waals surface area contributed by atoms with Crippen LogP contribution < -0.4 is 15.4 Å². The Morgan fingerprint density at radius 3 is 2.50 bits per heavy atom. The smallest absolute Gasteiger partial charge is 0.180 e. The van der Waals surface area contributed by atoms with E-state index in [1.54, 1.807) is 10.9 Å². The number of thiocarbonyl (C=S) groups is 1. The molecule has 0 amide bonds. The highest BCUT2D eigenvalue weighted by Gasteiger charge is 2.02. The average Bonchev–Trinajstić information content (AvgIpc) is 3.02. The van der Waals surface area contributed by atoms with E-state index in [2.05, 4.69) is 31.7 Å². The summed E-state index contributed by atoms with van der Waals surface area (Å²) in [6, 6.07) is 17.4. The highest BCUT2D eigenvalue weighted by atomic mass is 79.9. The minimum atomic E-state index is 0.322. The van der Waals surface area contributed by atoms with Crippen molar-refractivity contribution in [2.45, 2.75) is 6.73 Å². The van der Waals surface area contributed by atoms with Gasteiger partial charge in [0, 0.05) is 10.2 Å². The maximum Gasteiger partial charge on any atom is 0.180 e. The first-order chi connectivity index (χ1) is 11.7. The van der Waals surface area contributed by atoms with Gasteiger partial charge in [-0.15, -0.1) is 0 Å². The lowest BCUT2D eigenvalue weighted by Crippen LogP contribution is -2.18. The normalized spacial score (nSPS) is 10.2. The van der Waals surface area contributed by atoms with Crippen LogP contribution >= 0.6 is 28.1 Å². The second-order valence-electron chi connectivity index (χ2n) is 4.94. The molecular weight excluding hydrogens is 388 g/mol. The van der Waals surface area contributed by atoms with E-state index in [1.807, 2.05) is 60.8 Å². The van der Waals surface area contributed by atoms with E-state index in [1.165, 1.54) is 0 Å². The molecule has 0 atom stereocenters. The van der Waals surface area contributed by atoms with Crippen LogP contribution in [0.2, 0.25) is 0 Å². The number of hydrogen-bond acceptors (Lipinski definition) is 3. The Hall–Kier alpha value is -2.38. The van der Waals surface area contributed by atoms with Gasteiger partial charge in [0.05, 0.1) is 18.1 Å². The van der Waals surface area contributed by atoms with Crippen LogP contribution in [0.1, 0.15) is 0 Å². The molecule has 2 aromatic carbocycles. The molecule has 5 nitrogen and oxygen atoms in total. The lowest BCUT2D eigenvalue weighted by atomic mass is 10.3. The molecule has 0 radical (unpaired) electrons. The fraction of sp³-hybridized carbons (Fsp3) is 0.0588. The van der Waals surface area contributed by atoms with Crippen molar-refractivity contribution in [1.29, 1.82) is 0 Å². The zero-order valence-electron chi connectivity index (χ0n) is 12.6. The predicted molar refractivity (Wildman–Crippen MR) is 103 cm³/mol. The molecule has 0 aliphatic rings. The molecule has 7 heteroatoms. The molecule has 122 valence electrons. The second kappa shape index (κ2) is 7.94. The van der Waals surface area contributed by atoms with Crippen molar-refractivity contribution in [2.24, 2.45) is 0 Å². The number of aromatic nitrogens is 2. The van der Waals surface area contributed by atoms with E-state index in [-0.39, 0.29) is 0 Å². The molecule has 3 aromatic rings. The Labute approximate surface area is 153 Å². The van der Waals surface area contributed by atoms with Gasteiger partial charge in [0.15, 0.2) is 11.8 Å². The number of halogens is 1. The van der Waals surface area contributed by atoms with Crippen molar-refractivity contribution in [3.8, 4) is 5.75 Å². The molecule has 0 spiro atoms. The van der Waals surface area contributed by atoms with Gasteiger partial charge in [-0.05, 0) is 48.6 Å². The molecule has 24 heavy (non-hydrogen) atoms. The summed E-state index contributed by atoms with van der Waals surface area (Å²) in [6.45, 7) is 0.322. The molecule has 0 fully saturated rings. The van der Waals surface area contributed by atoms with Crippen LogP contribution in [0.4, 0.5) is 11.4 Å². The first kappa shape index (κ1) is 16.5. The van der Waals surface area contributed by atoms with Crippen molar-refractivity contribution in [3.05, 3.63) is 71.5 Å². The van der Waals surface area contributed by atoms with E-state index in [9.17, 15) is 0 Å². The van der Waals surface area contributed by atoms with Gasteiger partial charge < -0.3 is 15.4 Å². The molecule has 0 aliphatic carbocycles. The molecule has 0 saturated carbocycles. The maximum atomic E-state index is 5.66. The third kappa shape index (κ3) is 4.81. The fourth-order valence-corrected chi connectivity index (χ4v) is 2.49. The Morgan fingerprint density at radius 1 is 1.04 bits per heavy atom. The highest BCUT2D eigenvalue weighted by Crippen LogP contribution is 2.16. The van der Waals surface area contributed by atoms with Crippen LogP contribution in [0.15, 0.2) is 71.5 Å². The first-order valence-electron chi connectivity index (χ1n) is 7.23. The van der Waals surface area contributed by atoms with E-state index in [0.717, 1.165) is 21.6 Å². The first-order valence-corrected chi connectivity index (χ1v) is 8.43. The molecule has 1 heterocycles. The van der Waals surface area contributed by atoms with Gasteiger partial charge in [-0.1, -0.05) is 34.1 Å². The van der Waals surface area contributed by atoms with Gasteiger partial charge in [0.25, 0.3) is 0 Å². The van der Waals surface area contributed by atoms with Gasteiger partial charge in [-0.2, -0.15) is 5.10 Å². The van der Waals surface area contributed by atoms with Crippen LogP contribution in [0.3, 0.4) is 0 Å². The van der Waals surface area contributed by atoms with Crippen molar-refractivity contribution in [1.82, 2.24) is 9.78 Å². The minimum absolute atomic E-state index is 0.322. The summed E-state index contributed by atoms with van der Waals surface area (Å²) >= 11 is 8.68. The van der Waals surface area contributed by atoms with E-state index in [0.29, 0.717) is 11.8 Å². The number of hydrogen-bond donors (Lipinski definition) is 2. The van der Waals surface area contributed by atoms with Crippen LogP contribution in [-0.4, -0.2) is 14.9 Å². The predicted octanol–water partition coefficient (Wildman–Crippen LogP) is 4.49. The van der Waals surface area contributed by atoms with Gasteiger partial charge in [-0.3, -0.25) is 0 Å². The molecule has 1 aromatic heterocycles. The number of nitrogens with zero attached hydrogens (tertiary/aromatic N) is 2. The summed E-state index contributed by atoms with van der Waals surface area (Å²) in [4.78, 5) is 0. The number of para-hydroxylation sites is 1. The van der Waals surface area contributed by atoms with Crippen LogP contribution in [0, 0.1) is 0 Å². The molecule has 3 rings (SSSR count). The van der Waals surface area contributed by atoms with Crippen LogP contribution in [0.25, 0.3) is 0 Å². The van der Waals surface area contributed by atoms with Crippen molar-refractivity contribution < 1.29 is 4.74 Å². The second-order valence-corrected chi connectivity index (χ2v) is 6.26. The van der Waals surface area contributed by atoms with Crippen molar-refractivity contribution >= 4 is 44.6 Å². The SMILES string of the molecule is S=C(Nc1ccccc1)Nc1cnn(COc2ccc(Br)cc2)c1. The van der Waals surface area contributed by atoms with Crippen LogP contribution in [-0.2, 0) is 6.73 Å². The zero-order chi connectivity index (χ0) is 16.8. The number of ether oxygens (including phenoxy) is 1. The van der Waals surface area contributed by atoms with E-state index in [4.69, 9.17) is 17.0 Å². The number of nitrogens with one attached hydrogen (secondary N) is 2. The quantitative estimate of drug-likeness (QED) is 0.615. The number of anilines is 2. The fourth-order valence-electron chi connectivity index (χ4n) is 1.99. The van der Waals surface area contributed by atoms with Gasteiger partial charge >= 0.3 is 0 Å². The molecule has 0 aliphatic heterocycles. The van der Waals surface area contributed by atoms with Crippen LogP contribution in [0.5, 0.6) is 5.75 Å². The summed E-state index contributed by atoms with van der Waals surface area (Å²) in [7, 11) is 0. The third-order valence-corrected chi connectivity index (χ3v) is 3.83. The Bertz CT molecular complexity index is 805. The summed E-state index contributed by atoms with van der Waals surface area (Å²) in [5, 5.41) is 11.0. The minimum Gasteiger partial charge on any atom is -0.471 e.